The standard InChI is InChI=1S/C18H27N5O4/c1-6-22(18(26-7-2)27-8-3)16-19-15(14-12-10-9-11-13-14)20-17(21-16)23(24-4)25-5/h9-13,18H,6-8H2,1-5H3. The molecule has 2 aromatic rings. The van der Waals surface area contributed by atoms with Crippen LogP contribution in [-0.4, -0.2) is 55.3 Å². The molecule has 0 aliphatic heterocycles. The van der Waals surface area contributed by atoms with Crippen molar-refractivity contribution >= 4 is 11.9 Å². The Hall–Kier alpha value is -2.33. The molecule has 148 valence electrons. The Labute approximate surface area is 159 Å². The molecule has 0 spiro atoms. The fraction of sp³-hybridized carbons (Fsp3) is 0.500. The van der Waals surface area contributed by atoms with Crippen LogP contribution in [0.25, 0.3) is 11.4 Å². The molecule has 0 amide bonds. The Balaban J connectivity index is 2.53. The lowest BCUT2D eigenvalue weighted by atomic mass is 10.2. The van der Waals surface area contributed by atoms with Gasteiger partial charge in [0.05, 0.1) is 14.2 Å². The molecular weight excluding hydrogens is 350 g/mol. The van der Waals surface area contributed by atoms with Gasteiger partial charge >= 0.3 is 0 Å². The van der Waals surface area contributed by atoms with E-state index in [-0.39, 0.29) is 5.95 Å². The highest BCUT2D eigenvalue weighted by molar-refractivity contribution is 5.58. The third kappa shape index (κ3) is 5.33. The van der Waals surface area contributed by atoms with E-state index in [1.165, 1.54) is 14.2 Å². The van der Waals surface area contributed by atoms with Gasteiger partial charge in [0.1, 0.15) is 0 Å². The first kappa shape index (κ1) is 21.0. The molecule has 0 saturated heterocycles. The van der Waals surface area contributed by atoms with Gasteiger partial charge in [-0.1, -0.05) is 35.6 Å². The van der Waals surface area contributed by atoms with E-state index in [0.717, 1.165) is 10.8 Å². The SMILES string of the molecule is CCOC(OCC)N(CC)c1nc(-c2ccccc2)nc(N(OC)OC)n1. The highest BCUT2D eigenvalue weighted by Crippen LogP contribution is 2.23. The summed E-state index contributed by atoms with van der Waals surface area (Å²) in [6.07, 6.45) is -0.609. The van der Waals surface area contributed by atoms with E-state index in [0.29, 0.717) is 31.5 Å². The quantitative estimate of drug-likeness (QED) is 0.433. The van der Waals surface area contributed by atoms with Gasteiger partial charge in [-0.25, -0.2) is 9.68 Å². The summed E-state index contributed by atoms with van der Waals surface area (Å²) in [6, 6.07) is 9.62. The van der Waals surface area contributed by atoms with Crippen LogP contribution in [0.5, 0.6) is 0 Å². The number of hydrogen-bond donors (Lipinski definition) is 0. The second kappa shape index (κ2) is 10.7. The van der Waals surface area contributed by atoms with Gasteiger partial charge in [-0.05, 0) is 20.8 Å². The lowest BCUT2D eigenvalue weighted by molar-refractivity contribution is -0.136. The largest absolute Gasteiger partial charge is 0.335 e. The van der Waals surface area contributed by atoms with Gasteiger partial charge in [-0.2, -0.15) is 15.0 Å². The Morgan fingerprint density at radius 3 is 1.96 bits per heavy atom. The van der Waals surface area contributed by atoms with Crippen molar-refractivity contribution in [2.24, 2.45) is 0 Å². The fourth-order valence-electron chi connectivity index (χ4n) is 2.42. The lowest BCUT2D eigenvalue weighted by Crippen LogP contribution is -2.41. The Morgan fingerprint density at radius 1 is 0.852 bits per heavy atom. The number of aromatic nitrogens is 3. The molecule has 0 atom stereocenters. The van der Waals surface area contributed by atoms with Crippen LogP contribution in [0, 0.1) is 0 Å². The fourth-order valence-corrected chi connectivity index (χ4v) is 2.42. The number of hydrogen-bond acceptors (Lipinski definition) is 9. The van der Waals surface area contributed by atoms with Crippen molar-refractivity contribution in [3.8, 4) is 11.4 Å². The molecule has 0 bridgehead atoms. The molecule has 0 saturated carbocycles. The first-order valence-electron chi connectivity index (χ1n) is 8.88. The summed E-state index contributed by atoms with van der Waals surface area (Å²) in [5.74, 6) is 1.10. The zero-order valence-electron chi connectivity index (χ0n) is 16.5. The summed E-state index contributed by atoms with van der Waals surface area (Å²) in [4.78, 5) is 25.7. The molecule has 9 nitrogen and oxygen atoms in total. The van der Waals surface area contributed by atoms with E-state index in [9.17, 15) is 0 Å². The van der Waals surface area contributed by atoms with E-state index in [1.54, 1.807) is 0 Å². The molecule has 0 unspecified atom stereocenters. The van der Waals surface area contributed by atoms with Gasteiger partial charge in [-0.15, -0.1) is 0 Å². The zero-order valence-corrected chi connectivity index (χ0v) is 16.5. The maximum absolute atomic E-state index is 5.72. The van der Waals surface area contributed by atoms with E-state index < -0.39 is 6.41 Å². The summed E-state index contributed by atoms with van der Waals surface area (Å²) in [5, 5.41) is 1.11. The number of rotatable bonds is 11. The van der Waals surface area contributed by atoms with Gasteiger partial charge in [0.25, 0.3) is 5.95 Å². The smallest absolute Gasteiger partial charge is 0.283 e. The monoisotopic (exact) mass is 377 g/mol. The van der Waals surface area contributed by atoms with E-state index in [2.05, 4.69) is 15.0 Å². The van der Waals surface area contributed by atoms with Gasteiger partial charge < -0.3 is 9.47 Å². The molecule has 1 aromatic heterocycles. The second-order valence-corrected chi connectivity index (χ2v) is 5.25. The Morgan fingerprint density at radius 2 is 1.44 bits per heavy atom. The molecular formula is C18H27N5O4. The van der Waals surface area contributed by atoms with Crippen molar-refractivity contribution in [1.29, 1.82) is 0 Å². The Kier molecular flexibility index (Phi) is 8.34. The highest BCUT2D eigenvalue weighted by atomic mass is 16.9. The minimum absolute atomic E-state index is 0.217. The molecule has 0 aliphatic rings. The summed E-state index contributed by atoms with van der Waals surface area (Å²) in [5.41, 5.74) is 0.843. The third-order valence-corrected chi connectivity index (χ3v) is 3.61. The molecule has 1 aromatic carbocycles. The molecule has 0 aliphatic carbocycles. The maximum Gasteiger partial charge on any atom is 0.283 e. The first-order chi connectivity index (χ1) is 13.2. The zero-order chi connectivity index (χ0) is 19.6. The normalized spacial score (nSPS) is 11.0. The predicted molar refractivity (Wildman–Crippen MR) is 102 cm³/mol. The summed E-state index contributed by atoms with van der Waals surface area (Å²) in [6.45, 7) is 7.35. The van der Waals surface area contributed by atoms with Crippen molar-refractivity contribution in [3.63, 3.8) is 0 Å². The van der Waals surface area contributed by atoms with Crippen molar-refractivity contribution in [2.45, 2.75) is 27.2 Å². The minimum Gasteiger partial charge on any atom is -0.335 e. The molecule has 2 rings (SSSR count). The van der Waals surface area contributed by atoms with E-state index in [1.807, 2.05) is 56.0 Å². The molecule has 9 heteroatoms. The van der Waals surface area contributed by atoms with Gasteiger partial charge in [0, 0.05) is 25.3 Å². The first-order valence-corrected chi connectivity index (χ1v) is 8.88. The number of anilines is 2. The third-order valence-electron chi connectivity index (χ3n) is 3.61. The van der Waals surface area contributed by atoms with Crippen LogP contribution < -0.4 is 10.1 Å². The van der Waals surface area contributed by atoms with Crippen molar-refractivity contribution < 1.29 is 19.1 Å². The molecule has 27 heavy (non-hydrogen) atoms. The number of nitrogens with zero attached hydrogens (tertiary/aromatic N) is 5. The van der Waals surface area contributed by atoms with Crippen molar-refractivity contribution in [2.75, 3.05) is 44.1 Å². The number of benzene rings is 1. The predicted octanol–water partition coefficient (Wildman–Crippen LogP) is 2.65. The molecule has 0 radical (unpaired) electrons. The van der Waals surface area contributed by atoms with E-state index >= 15 is 0 Å². The van der Waals surface area contributed by atoms with Crippen LogP contribution in [0.3, 0.4) is 0 Å². The van der Waals surface area contributed by atoms with Crippen LogP contribution in [0.15, 0.2) is 30.3 Å². The average molecular weight is 377 g/mol. The lowest BCUT2D eigenvalue weighted by Gasteiger charge is -2.30. The molecule has 0 N–H and O–H groups in total. The topological polar surface area (TPSA) is 82.1 Å². The molecule has 1 heterocycles. The average Bonchev–Trinajstić information content (AvgIpc) is 2.70. The van der Waals surface area contributed by atoms with Gasteiger partial charge in [0.15, 0.2) is 5.82 Å². The second-order valence-electron chi connectivity index (χ2n) is 5.25. The van der Waals surface area contributed by atoms with E-state index in [4.69, 9.17) is 19.1 Å². The van der Waals surface area contributed by atoms with Crippen LogP contribution in [-0.2, 0) is 19.1 Å². The summed E-state index contributed by atoms with van der Waals surface area (Å²) in [7, 11) is 2.94. The van der Waals surface area contributed by atoms with Crippen LogP contribution in [0.2, 0.25) is 0 Å². The van der Waals surface area contributed by atoms with Crippen molar-refractivity contribution in [3.05, 3.63) is 30.3 Å². The summed E-state index contributed by atoms with van der Waals surface area (Å²) < 4.78 is 11.4. The summed E-state index contributed by atoms with van der Waals surface area (Å²) >= 11 is 0. The number of ether oxygens (including phenoxy) is 2. The minimum atomic E-state index is -0.609. The van der Waals surface area contributed by atoms with Crippen LogP contribution >= 0.6 is 0 Å². The van der Waals surface area contributed by atoms with Gasteiger partial charge in [0.2, 0.25) is 12.4 Å². The highest BCUT2D eigenvalue weighted by Gasteiger charge is 2.24. The van der Waals surface area contributed by atoms with Crippen molar-refractivity contribution in [1.82, 2.24) is 15.0 Å². The Bertz CT molecular complexity index is 679. The van der Waals surface area contributed by atoms with Gasteiger partial charge in [-0.3, -0.25) is 4.90 Å². The van der Waals surface area contributed by atoms with Crippen LogP contribution in [0.1, 0.15) is 20.8 Å². The van der Waals surface area contributed by atoms with Crippen LogP contribution in [0.4, 0.5) is 11.9 Å². The maximum atomic E-state index is 5.72. The molecule has 0 fully saturated rings.